The van der Waals surface area contributed by atoms with Crippen LogP contribution in [0.5, 0.6) is 5.75 Å². The van der Waals surface area contributed by atoms with Crippen molar-refractivity contribution in [2.75, 3.05) is 19.6 Å². The first-order valence-corrected chi connectivity index (χ1v) is 13.2. The SMILES string of the molecule is CCCN1CC(=O)N2[C@@H](CC(N)Cl)C(=O)N(Cc3ccc(ON)cc3)C[C@@H]2N1C(=O)NCc1ccc(F)cc1. The number of urea groups is 1. The van der Waals surface area contributed by atoms with Crippen molar-refractivity contribution in [2.24, 2.45) is 11.6 Å². The molecule has 2 fully saturated rings. The van der Waals surface area contributed by atoms with Crippen molar-refractivity contribution in [3.8, 4) is 5.75 Å². The lowest BCUT2D eigenvalue weighted by atomic mass is 10.0. The topological polar surface area (TPSA) is 137 Å². The van der Waals surface area contributed by atoms with Crippen molar-refractivity contribution in [3.05, 3.63) is 65.5 Å². The van der Waals surface area contributed by atoms with Gasteiger partial charge in [-0.25, -0.2) is 19.2 Å². The quantitative estimate of drug-likeness (QED) is 0.241. The maximum absolute atomic E-state index is 13.6. The number of nitrogens with zero attached hydrogens (tertiary/aromatic N) is 4. The summed E-state index contributed by atoms with van der Waals surface area (Å²) in [5.74, 6) is 4.73. The number of nitrogens with two attached hydrogens (primary N) is 2. The molecule has 0 aromatic heterocycles. The van der Waals surface area contributed by atoms with Gasteiger partial charge in [0.15, 0.2) is 0 Å². The van der Waals surface area contributed by atoms with E-state index in [0.717, 1.165) is 5.56 Å². The van der Waals surface area contributed by atoms with Gasteiger partial charge in [-0.3, -0.25) is 9.59 Å². The summed E-state index contributed by atoms with van der Waals surface area (Å²) in [6.07, 6.45) is -0.0656. The summed E-state index contributed by atoms with van der Waals surface area (Å²) in [7, 11) is 0. The van der Waals surface area contributed by atoms with Gasteiger partial charge in [0.2, 0.25) is 11.8 Å². The predicted molar refractivity (Wildman–Crippen MR) is 142 cm³/mol. The molecule has 11 nitrogen and oxygen atoms in total. The molecule has 13 heteroatoms. The van der Waals surface area contributed by atoms with Gasteiger partial charge in [0, 0.05) is 26.1 Å². The molecule has 5 N–H and O–H groups in total. The first-order valence-electron chi connectivity index (χ1n) is 12.7. The zero-order chi connectivity index (χ0) is 28.1. The fourth-order valence-corrected chi connectivity index (χ4v) is 5.15. The van der Waals surface area contributed by atoms with Crippen LogP contribution in [0.1, 0.15) is 30.9 Å². The standard InChI is InChI=1S/C26H33ClFN7O4/c1-2-11-33-16-24(36)34-21(12-22(27)29)25(37)32(14-18-5-9-20(39-30)10-6-18)15-23(34)35(33)26(38)31-13-17-3-7-19(28)8-4-17/h3-10,21-23H,2,11-16,29-30H2,1H3,(H,31,38)/t21-,22?,23-/m0/s1. The van der Waals surface area contributed by atoms with Crippen molar-refractivity contribution in [3.63, 3.8) is 0 Å². The van der Waals surface area contributed by atoms with Gasteiger partial charge in [-0.1, -0.05) is 31.2 Å². The third-order valence-electron chi connectivity index (χ3n) is 6.76. The fourth-order valence-electron chi connectivity index (χ4n) is 4.98. The second-order valence-corrected chi connectivity index (χ2v) is 10.1. The largest absolute Gasteiger partial charge is 0.412 e. The van der Waals surface area contributed by atoms with E-state index in [0.29, 0.717) is 24.3 Å². The van der Waals surface area contributed by atoms with Crippen LogP contribution < -0.4 is 21.8 Å². The number of alkyl halides is 1. The highest BCUT2D eigenvalue weighted by atomic mass is 35.5. The van der Waals surface area contributed by atoms with Gasteiger partial charge < -0.3 is 25.7 Å². The summed E-state index contributed by atoms with van der Waals surface area (Å²) in [6, 6.07) is 11.4. The van der Waals surface area contributed by atoms with Gasteiger partial charge in [-0.15, -0.1) is 11.6 Å². The molecule has 4 rings (SSSR count). The van der Waals surface area contributed by atoms with E-state index >= 15 is 0 Å². The van der Waals surface area contributed by atoms with Gasteiger partial charge >= 0.3 is 6.03 Å². The van der Waals surface area contributed by atoms with E-state index < -0.39 is 23.7 Å². The minimum Gasteiger partial charge on any atom is -0.412 e. The predicted octanol–water partition coefficient (Wildman–Crippen LogP) is 1.71. The molecule has 2 saturated heterocycles. The number of hydrogen-bond acceptors (Lipinski definition) is 7. The molecular weight excluding hydrogens is 529 g/mol. The van der Waals surface area contributed by atoms with Crippen LogP contribution in [0.25, 0.3) is 0 Å². The number of piperazine rings is 1. The molecule has 2 aliphatic heterocycles. The molecule has 2 heterocycles. The number of nitrogens with one attached hydrogen (secondary N) is 1. The second-order valence-electron chi connectivity index (χ2n) is 9.55. The number of hydrogen-bond donors (Lipinski definition) is 3. The minimum atomic E-state index is -0.938. The summed E-state index contributed by atoms with van der Waals surface area (Å²) in [4.78, 5) is 48.4. The first kappa shape index (κ1) is 28.6. The Balaban J connectivity index is 1.63. The maximum atomic E-state index is 13.6. The Bertz CT molecular complexity index is 1170. The van der Waals surface area contributed by atoms with Gasteiger partial charge in [-0.2, -0.15) is 5.90 Å². The Morgan fingerprint density at radius 3 is 2.44 bits per heavy atom. The number of carbonyl (C=O) groups is 3. The van der Waals surface area contributed by atoms with Crippen molar-refractivity contribution >= 4 is 29.4 Å². The lowest BCUT2D eigenvalue weighted by Crippen LogP contribution is -2.76. The van der Waals surface area contributed by atoms with Crippen LogP contribution in [-0.2, 0) is 22.7 Å². The van der Waals surface area contributed by atoms with Crippen molar-refractivity contribution in [1.29, 1.82) is 0 Å². The second kappa shape index (κ2) is 12.6. The zero-order valence-corrected chi connectivity index (χ0v) is 22.4. The number of amides is 4. The van der Waals surface area contributed by atoms with Crippen LogP contribution in [0.4, 0.5) is 9.18 Å². The average Bonchev–Trinajstić information content (AvgIpc) is 2.91. The molecule has 4 amide bonds. The summed E-state index contributed by atoms with van der Waals surface area (Å²) in [5, 5.41) is 6.08. The first-order chi connectivity index (χ1) is 18.7. The molecule has 0 spiro atoms. The Hall–Kier alpha value is -3.45. The van der Waals surface area contributed by atoms with Gasteiger partial charge in [0.1, 0.15) is 23.8 Å². The molecule has 0 saturated carbocycles. The maximum Gasteiger partial charge on any atom is 0.334 e. The van der Waals surface area contributed by atoms with E-state index in [1.165, 1.54) is 22.0 Å². The van der Waals surface area contributed by atoms with Gasteiger partial charge in [0.25, 0.3) is 0 Å². The third kappa shape index (κ3) is 6.59. The Morgan fingerprint density at radius 2 is 1.82 bits per heavy atom. The molecular formula is C26H33ClFN7O4. The van der Waals surface area contributed by atoms with Crippen molar-refractivity contribution in [2.45, 2.75) is 50.6 Å². The van der Waals surface area contributed by atoms with Crippen LogP contribution in [0.2, 0.25) is 0 Å². The van der Waals surface area contributed by atoms with Crippen LogP contribution in [0.3, 0.4) is 0 Å². The molecule has 210 valence electrons. The molecule has 2 aromatic carbocycles. The number of hydrazine groups is 1. The van der Waals surface area contributed by atoms with Gasteiger partial charge in [0.05, 0.1) is 18.6 Å². The highest BCUT2D eigenvalue weighted by molar-refractivity contribution is 6.20. The van der Waals surface area contributed by atoms with Crippen LogP contribution in [0.15, 0.2) is 48.5 Å². The molecule has 0 radical (unpaired) electrons. The molecule has 2 aliphatic rings. The average molecular weight is 562 g/mol. The Kier molecular flexibility index (Phi) is 9.23. The molecule has 0 aliphatic carbocycles. The summed E-state index contributed by atoms with van der Waals surface area (Å²) >= 11 is 6.12. The summed E-state index contributed by atoms with van der Waals surface area (Å²) in [5.41, 5.74) is 6.53. The van der Waals surface area contributed by atoms with E-state index in [-0.39, 0.29) is 50.2 Å². The van der Waals surface area contributed by atoms with Crippen molar-refractivity contribution < 1.29 is 23.6 Å². The number of halogens is 2. The lowest BCUT2D eigenvalue weighted by Gasteiger charge is -2.55. The molecule has 1 unspecified atom stereocenters. The van der Waals surface area contributed by atoms with Crippen LogP contribution in [0, 0.1) is 5.82 Å². The summed E-state index contributed by atoms with van der Waals surface area (Å²) in [6.45, 7) is 2.80. The lowest BCUT2D eigenvalue weighted by molar-refractivity contribution is -0.191. The van der Waals surface area contributed by atoms with E-state index in [4.69, 9.17) is 28.1 Å². The Morgan fingerprint density at radius 1 is 1.15 bits per heavy atom. The molecule has 2 aromatic rings. The smallest absolute Gasteiger partial charge is 0.334 e. The number of benzene rings is 2. The monoisotopic (exact) mass is 561 g/mol. The fraction of sp³-hybridized carbons (Fsp3) is 0.423. The number of carbonyl (C=O) groups excluding carboxylic acids is 3. The zero-order valence-electron chi connectivity index (χ0n) is 21.6. The highest BCUT2D eigenvalue weighted by Crippen LogP contribution is 2.30. The Labute approximate surface area is 231 Å². The molecule has 39 heavy (non-hydrogen) atoms. The van der Waals surface area contributed by atoms with Crippen LogP contribution in [-0.4, -0.2) is 75.0 Å². The van der Waals surface area contributed by atoms with E-state index in [1.807, 2.05) is 6.92 Å². The molecule has 3 atom stereocenters. The van der Waals surface area contributed by atoms with E-state index in [1.54, 1.807) is 46.3 Å². The third-order valence-corrected chi connectivity index (χ3v) is 6.94. The number of rotatable bonds is 9. The normalized spacial score (nSPS) is 20.6. The van der Waals surface area contributed by atoms with Crippen LogP contribution >= 0.6 is 11.6 Å². The molecule has 0 bridgehead atoms. The van der Waals surface area contributed by atoms with Gasteiger partial charge in [-0.05, 0) is 41.8 Å². The van der Waals surface area contributed by atoms with E-state index in [2.05, 4.69) is 5.32 Å². The highest BCUT2D eigenvalue weighted by Gasteiger charge is 2.51. The minimum absolute atomic E-state index is 0.0257. The number of fused-ring (bicyclic) bond motifs is 1. The summed E-state index contributed by atoms with van der Waals surface area (Å²) < 4.78 is 13.3. The van der Waals surface area contributed by atoms with Crippen molar-refractivity contribution in [1.82, 2.24) is 25.1 Å². The van der Waals surface area contributed by atoms with E-state index in [9.17, 15) is 18.8 Å².